The number of rotatable bonds is 9. The lowest BCUT2D eigenvalue weighted by molar-refractivity contribution is 0.141. The molecule has 0 spiro atoms. The van der Waals surface area contributed by atoms with Gasteiger partial charge in [0, 0.05) is 31.5 Å². The summed E-state index contributed by atoms with van der Waals surface area (Å²) in [7, 11) is -8.04. The van der Waals surface area contributed by atoms with Crippen molar-refractivity contribution in [3.8, 4) is 0 Å². The van der Waals surface area contributed by atoms with Crippen molar-refractivity contribution in [3.63, 3.8) is 0 Å². The average molecular weight is 616 g/mol. The first-order valence-corrected chi connectivity index (χ1v) is 15.8. The fourth-order valence-electron chi connectivity index (χ4n) is 3.46. The molecule has 1 heterocycles. The lowest BCUT2D eigenvalue weighted by Crippen LogP contribution is -2.42. The van der Waals surface area contributed by atoms with Crippen LogP contribution >= 0.6 is 0 Å². The molecule has 10 nitrogen and oxygen atoms in total. The van der Waals surface area contributed by atoms with E-state index in [0.717, 1.165) is 22.3 Å². The highest BCUT2D eigenvalue weighted by atomic mass is 32.2. The number of aliphatic hydroxyl groups is 1. The summed E-state index contributed by atoms with van der Waals surface area (Å²) in [5.74, 6) is 0. The van der Waals surface area contributed by atoms with Crippen LogP contribution in [0.4, 0.5) is 0 Å². The van der Waals surface area contributed by atoms with E-state index in [9.17, 15) is 21.9 Å². The second kappa shape index (κ2) is 16.8. The highest BCUT2D eigenvalue weighted by molar-refractivity contribution is 7.86. The standard InChI is InChI=1S/C16H21N3O.2C7H8O3S/c17-15(10-13-4-2-1-3-5-13)16(20)12-19-11-14-6-8-18-9-7-14;2*1-6-2-4-7(5-3-6)11(8,9)10/h1-9,15-16,19-20H,10-12,17H2;2*2-5H,1H3,(H,8,9,10)/t15-,16+;;/m0../s1. The van der Waals surface area contributed by atoms with Crippen LogP contribution < -0.4 is 11.1 Å². The van der Waals surface area contributed by atoms with Gasteiger partial charge in [-0.3, -0.25) is 14.1 Å². The van der Waals surface area contributed by atoms with Crippen molar-refractivity contribution < 1.29 is 31.0 Å². The zero-order valence-corrected chi connectivity index (χ0v) is 25.0. The zero-order chi connectivity index (χ0) is 31.2. The van der Waals surface area contributed by atoms with E-state index >= 15 is 0 Å². The predicted octanol–water partition coefficient (Wildman–Crippen LogP) is 3.59. The molecule has 2 atom stereocenters. The molecule has 0 saturated heterocycles. The van der Waals surface area contributed by atoms with Crippen molar-refractivity contribution in [1.29, 1.82) is 0 Å². The van der Waals surface area contributed by atoms with Gasteiger partial charge < -0.3 is 16.2 Å². The Morgan fingerprint density at radius 3 is 1.60 bits per heavy atom. The molecule has 4 aromatic rings. The van der Waals surface area contributed by atoms with Crippen LogP contribution in [0.25, 0.3) is 0 Å². The first kappa shape index (κ1) is 34.7. The first-order valence-electron chi connectivity index (χ1n) is 12.9. The van der Waals surface area contributed by atoms with Gasteiger partial charge in [0.15, 0.2) is 0 Å². The average Bonchev–Trinajstić information content (AvgIpc) is 2.94. The summed E-state index contributed by atoms with van der Waals surface area (Å²) in [6.45, 7) is 4.87. The van der Waals surface area contributed by atoms with E-state index in [0.29, 0.717) is 19.5 Å². The number of pyridine rings is 1. The van der Waals surface area contributed by atoms with Crippen molar-refractivity contribution in [2.45, 2.75) is 48.7 Å². The molecule has 0 radical (unpaired) electrons. The monoisotopic (exact) mass is 615 g/mol. The van der Waals surface area contributed by atoms with E-state index in [2.05, 4.69) is 10.3 Å². The van der Waals surface area contributed by atoms with E-state index in [1.54, 1.807) is 36.7 Å². The number of hydrogen-bond donors (Lipinski definition) is 5. The molecule has 42 heavy (non-hydrogen) atoms. The molecule has 12 heteroatoms. The molecule has 0 aliphatic rings. The second-order valence-electron chi connectivity index (χ2n) is 9.48. The lowest BCUT2D eigenvalue weighted by Gasteiger charge is -2.19. The summed E-state index contributed by atoms with van der Waals surface area (Å²) in [6, 6.07) is 25.6. The van der Waals surface area contributed by atoms with Crippen LogP contribution in [-0.2, 0) is 33.2 Å². The third-order valence-corrected chi connectivity index (χ3v) is 7.61. The molecule has 1 aromatic heterocycles. The Bertz CT molecular complexity index is 1480. The molecule has 0 unspecified atom stereocenters. The number of aromatic nitrogens is 1. The molecule has 0 aliphatic heterocycles. The molecule has 226 valence electrons. The van der Waals surface area contributed by atoms with Gasteiger partial charge in [0.2, 0.25) is 0 Å². The Labute approximate surface area is 247 Å². The largest absolute Gasteiger partial charge is 0.390 e. The number of benzene rings is 3. The molecule has 0 saturated carbocycles. The van der Waals surface area contributed by atoms with Gasteiger partial charge in [-0.2, -0.15) is 16.8 Å². The SMILES string of the molecule is Cc1ccc(S(=O)(=O)O)cc1.Cc1ccc(S(=O)(=O)O)cc1.N[C@@H](Cc1ccccc1)[C@H](O)CNCc1ccncc1. The first-order chi connectivity index (χ1) is 19.8. The molecule has 0 bridgehead atoms. The lowest BCUT2D eigenvalue weighted by atomic mass is 10.0. The quantitative estimate of drug-likeness (QED) is 0.175. The predicted molar refractivity (Wildman–Crippen MR) is 162 cm³/mol. The molecule has 4 rings (SSSR count). The van der Waals surface area contributed by atoms with Gasteiger partial charge >= 0.3 is 0 Å². The molecular weight excluding hydrogens is 578 g/mol. The zero-order valence-electron chi connectivity index (χ0n) is 23.4. The summed E-state index contributed by atoms with van der Waals surface area (Å²) < 4.78 is 59.1. The third kappa shape index (κ3) is 13.4. The Morgan fingerprint density at radius 2 is 1.17 bits per heavy atom. The minimum atomic E-state index is -4.02. The summed E-state index contributed by atoms with van der Waals surface area (Å²) in [5.41, 5.74) is 10.2. The van der Waals surface area contributed by atoms with Gasteiger partial charge in [0.05, 0.1) is 15.9 Å². The van der Waals surface area contributed by atoms with Crippen molar-refractivity contribution >= 4 is 20.2 Å². The number of nitrogens with two attached hydrogens (primary N) is 1. The van der Waals surface area contributed by atoms with E-state index < -0.39 is 26.3 Å². The maximum Gasteiger partial charge on any atom is 0.294 e. The summed E-state index contributed by atoms with van der Waals surface area (Å²) in [4.78, 5) is 3.83. The van der Waals surface area contributed by atoms with Crippen LogP contribution in [0.1, 0.15) is 22.3 Å². The number of hydrogen-bond acceptors (Lipinski definition) is 8. The van der Waals surface area contributed by atoms with Crippen molar-refractivity contribution in [3.05, 3.63) is 126 Å². The van der Waals surface area contributed by atoms with Crippen LogP contribution in [0.2, 0.25) is 0 Å². The number of nitrogens with one attached hydrogen (secondary N) is 1. The summed E-state index contributed by atoms with van der Waals surface area (Å²) in [5, 5.41) is 13.3. The minimum Gasteiger partial charge on any atom is -0.390 e. The van der Waals surface area contributed by atoms with E-state index in [1.807, 2.05) is 56.3 Å². The summed E-state index contributed by atoms with van der Waals surface area (Å²) >= 11 is 0. The Morgan fingerprint density at radius 1 is 0.714 bits per heavy atom. The van der Waals surface area contributed by atoms with Crippen molar-refractivity contribution in [2.75, 3.05) is 6.54 Å². The highest BCUT2D eigenvalue weighted by Crippen LogP contribution is 2.09. The molecule has 0 aliphatic carbocycles. The highest BCUT2D eigenvalue weighted by Gasteiger charge is 2.14. The number of aryl methyl sites for hydroxylation is 2. The maximum absolute atomic E-state index is 10.5. The van der Waals surface area contributed by atoms with Gasteiger partial charge in [-0.15, -0.1) is 0 Å². The number of nitrogens with zero attached hydrogens (tertiary/aromatic N) is 1. The van der Waals surface area contributed by atoms with Crippen LogP contribution in [-0.4, -0.2) is 54.7 Å². The van der Waals surface area contributed by atoms with E-state index in [4.69, 9.17) is 14.8 Å². The third-order valence-electron chi connectivity index (χ3n) is 5.88. The van der Waals surface area contributed by atoms with Crippen LogP contribution in [0, 0.1) is 13.8 Å². The molecule has 0 fully saturated rings. The second-order valence-corrected chi connectivity index (χ2v) is 12.3. The smallest absolute Gasteiger partial charge is 0.294 e. The Kier molecular flexibility index (Phi) is 13.9. The summed E-state index contributed by atoms with van der Waals surface area (Å²) in [6.07, 6.45) is 3.64. The fourth-order valence-corrected chi connectivity index (χ4v) is 4.42. The van der Waals surface area contributed by atoms with Gasteiger partial charge in [-0.25, -0.2) is 0 Å². The topological polar surface area (TPSA) is 180 Å². The van der Waals surface area contributed by atoms with Gasteiger partial charge in [-0.05, 0) is 67.8 Å². The van der Waals surface area contributed by atoms with Crippen molar-refractivity contribution in [2.24, 2.45) is 5.73 Å². The van der Waals surface area contributed by atoms with E-state index in [1.165, 1.54) is 24.3 Å². The molecular formula is C30H37N3O7S2. The fraction of sp³-hybridized carbons (Fsp3) is 0.233. The van der Waals surface area contributed by atoms with Crippen LogP contribution in [0.15, 0.2) is 113 Å². The maximum atomic E-state index is 10.5. The molecule has 3 aromatic carbocycles. The van der Waals surface area contributed by atoms with Gasteiger partial charge in [-0.1, -0.05) is 65.7 Å². The number of aliphatic hydroxyl groups excluding tert-OH is 1. The van der Waals surface area contributed by atoms with Crippen LogP contribution in [0.3, 0.4) is 0 Å². The Balaban J connectivity index is 0.000000239. The molecule has 6 N–H and O–H groups in total. The van der Waals surface area contributed by atoms with Gasteiger partial charge in [0.1, 0.15) is 0 Å². The van der Waals surface area contributed by atoms with Crippen LogP contribution in [0.5, 0.6) is 0 Å². The Hall–Kier alpha value is -3.49. The minimum absolute atomic E-state index is 0.0666. The molecule has 0 amide bonds. The normalized spacial score (nSPS) is 12.6. The van der Waals surface area contributed by atoms with Crippen molar-refractivity contribution in [1.82, 2.24) is 10.3 Å². The van der Waals surface area contributed by atoms with E-state index in [-0.39, 0.29) is 15.8 Å². The van der Waals surface area contributed by atoms with Gasteiger partial charge in [0.25, 0.3) is 20.2 Å².